The van der Waals surface area contributed by atoms with Crippen molar-refractivity contribution in [3.63, 3.8) is 0 Å². The Morgan fingerprint density at radius 2 is 1.69 bits per heavy atom. The molecule has 1 aliphatic heterocycles. The fraction of sp³-hybridized carbons (Fsp3) is 0.409. The molecule has 0 saturated carbocycles. The molecule has 1 aliphatic rings. The molecule has 0 aliphatic carbocycles. The van der Waals surface area contributed by atoms with Crippen molar-refractivity contribution in [2.75, 3.05) is 38.2 Å². The molecule has 1 saturated heterocycles. The van der Waals surface area contributed by atoms with Gasteiger partial charge in [0.25, 0.3) is 0 Å². The third-order valence-corrected chi connectivity index (χ3v) is 5.27. The standard InChI is InChI=1S/C22H28N6O/c1-16-12-17(2)28(25-16)22-14-21(23-18(3)24-22)27-10-8-26(9-11-27)15-19-6-5-7-20(13-19)29-4/h5-7,12-14H,8-11,15H2,1-4H3. The van der Waals surface area contributed by atoms with E-state index in [1.165, 1.54) is 5.56 Å². The second-order valence-corrected chi connectivity index (χ2v) is 7.59. The number of hydrogen-bond donors (Lipinski definition) is 0. The van der Waals surface area contributed by atoms with Crippen molar-refractivity contribution >= 4 is 5.82 Å². The summed E-state index contributed by atoms with van der Waals surface area (Å²) < 4.78 is 7.23. The lowest BCUT2D eigenvalue weighted by molar-refractivity contribution is 0.249. The van der Waals surface area contributed by atoms with Gasteiger partial charge in [0, 0.05) is 44.5 Å². The molecule has 0 bridgehead atoms. The molecule has 2 aromatic heterocycles. The second-order valence-electron chi connectivity index (χ2n) is 7.59. The van der Waals surface area contributed by atoms with Gasteiger partial charge in [-0.05, 0) is 44.5 Å². The normalized spacial score (nSPS) is 15.0. The summed E-state index contributed by atoms with van der Waals surface area (Å²) in [6.07, 6.45) is 0. The lowest BCUT2D eigenvalue weighted by Gasteiger charge is -2.35. The molecule has 0 radical (unpaired) electrons. The smallest absolute Gasteiger partial charge is 0.159 e. The van der Waals surface area contributed by atoms with E-state index >= 15 is 0 Å². The summed E-state index contributed by atoms with van der Waals surface area (Å²) in [6, 6.07) is 12.4. The maximum atomic E-state index is 5.34. The molecule has 7 heteroatoms. The fourth-order valence-corrected chi connectivity index (χ4v) is 3.83. The van der Waals surface area contributed by atoms with Crippen LogP contribution >= 0.6 is 0 Å². The first-order valence-corrected chi connectivity index (χ1v) is 10.0. The van der Waals surface area contributed by atoms with Gasteiger partial charge >= 0.3 is 0 Å². The number of piperazine rings is 1. The molecule has 4 rings (SSSR count). The van der Waals surface area contributed by atoms with E-state index < -0.39 is 0 Å². The van der Waals surface area contributed by atoms with Gasteiger partial charge in [0.2, 0.25) is 0 Å². The summed E-state index contributed by atoms with van der Waals surface area (Å²) in [5.74, 6) is 3.48. The molecule has 0 spiro atoms. The van der Waals surface area contributed by atoms with Crippen LogP contribution in [0.1, 0.15) is 22.8 Å². The van der Waals surface area contributed by atoms with Crippen LogP contribution in [-0.2, 0) is 6.54 Å². The molecular formula is C22H28N6O. The highest BCUT2D eigenvalue weighted by Gasteiger charge is 2.20. The van der Waals surface area contributed by atoms with Gasteiger partial charge < -0.3 is 9.64 Å². The Bertz CT molecular complexity index is 991. The van der Waals surface area contributed by atoms with Gasteiger partial charge in [-0.25, -0.2) is 14.6 Å². The molecule has 0 amide bonds. The van der Waals surface area contributed by atoms with E-state index in [9.17, 15) is 0 Å². The number of ether oxygens (including phenoxy) is 1. The van der Waals surface area contributed by atoms with Crippen LogP contribution in [0.5, 0.6) is 5.75 Å². The van der Waals surface area contributed by atoms with E-state index in [4.69, 9.17) is 4.74 Å². The largest absolute Gasteiger partial charge is 0.497 e. The Hall–Kier alpha value is -2.93. The molecule has 152 valence electrons. The highest BCUT2D eigenvalue weighted by atomic mass is 16.5. The highest BCUT2D eigenvalue weighted by Crippen LogP contribution is 2.20. The minimum Gasteiger partial charge on any atom is -0.497 e. The highest BCUT2D eigenvalue weighted by molar-refractivity contribution is 5.45. The zero-order valence-corrected chi connectivity index (χ0v) is 17.6. The van der Waals surface area contributed by atoms with Gasteiger partial charge in [-0.3, -0.25) is 4.90 Å². The van der Waals surface area contributed by atoms with E-state index in [0.717, 1.165) is 67.3 Å². The van der Waals surface area contributed by atoms with E-state index in [-0.39, 0.29) is 0 Å². The van der Waals surface area contributed by atoms with Crippen molar-refractivity contribution in [3.05, 3.63) is 59.2 Å². The predicted molar refractivity (Wildman–Crippen MR) is 114 cm³/mol. The van der Waals surface area contributed by atoms with Crippen molar-refractivity contribution in [3.8, 4) is 11.6 Å². The average molecular weight is 393 g/mol. The first-order valence-electron chi connectivity index (χ1n) is 10.0. The van der Waals surface area contributed by atoms with Crippen molar-refractivity contribution < 1.29 is 4.74 Å². The number of rotatable bonds is 5. The van der Waals surface area contributed by atoms with Gasteiger partial charge in [-0.15, -0.1) is 0 Å². The van der Waals surface area contributed by atoms with Crippen molar-refractivity contribution in [1.82, 2.24) is 24.6 Å². The van der Waals surface area contributed by atoms with Crippen LogP contribution in [-0.4, -0.2) is 57.9 Å². The van der Waals surface area contributed by atoms with Crippen LogP contribution in [0.15, 0.2) is 36.4 Å². The lowest BCUT2D eigenvalue weighted by Crippen LogP contribution is -2.46. The van der Waals surface area contributed by atoms with Crippen LogP contribution in [0.2, 0.25) is 0 Å². The maximum Gasteiger partial charge on any atom is 0.159 e. The molecule has 0 atom stereocenters. The summed E-state index contributed by atoms with van der Waals surface area (Å²) in [5, 5.41) is 4.57. The van der Waals surface area contributed by atoms with E-state index in [2.05, 4.69) is 56.1 Å². The first kappa shape index (κ1) is 19.4. The number of aromatic nitrogens is 4. The van der Waals surface area contributed by atoms with Gasteiger partial charge in [0.05, 0.1) is 12.8 Å². The van der Waals surface area contributed by atoms with E-state index in [1.54, 1.807) is 7.11 Å². The number of aryl methyl sites for hydroxylation is 3. The Balaban J connectivity index is 1.45. The molecule has 29 heavy (non-hydrogen) atoms. The molecular weight excluding hydrogens is 364 g/mol. The molecule has 7 nitrogen and oxygen atoms in total. The monoisotopic (exact) mass is 392 g/mol. The predicted octanol–water partition coefficient (Wildman–Crippen LogP) is 2.92. The Morgan fingerprint density at radius 3 is 2.38 bits per heavy atom. The summed E-state index contributed by atoms with van der Waals surface area (Å²) in [6.45, 7) is 10.8. The fourth-order valence-electron chi connectivity index (χ4n) is 3.83. The quantitative estimate of drug-likeness (QED) is 0.665. The lowest BCUT2D eigenvalue weighted by atomic mass is 10.2. The van der Waals surface area contributed by atoms with Crippen LogP contribution in [0.25, 0.3) is 5.82 Å². The molecule has 0 unspecified atom stereocenters. The topological polar surface area (TPSA) is 59.3 Å². The maximum absolute atomic E-state index is 5.34. The molecule has 3 aromatic rings. The molecule has 0 N–H and O–H groups in total. The number of nitrogens with zero attached hydrogens (tertiary/aromatic N) is 6. The van der Waals surface area contributed by atoms with Gasteiger partial charge in [-0.2, -0.15) is 5.10 Å². The zero-order valence-electron chi connectivity index (χ0n) is 17.6. The molecule has 1 aromatic carbocycles. The summed E-state index contributed by atoms with van der Waals surface area (Å²) >= 11 is 0. The van der Waals surface area contributed by atoms with Crippen molar-refractivity contribution in [2.45, 2.75) is 27.3 Å². The third kappa shape index (κ3) is 4.40. The van der Waals surface area contributed by atoms with Gasteiger partial charge in [-0.1, -0.05) is 12.1 Å². The van der Waals surface area contributed by atoms with Crippen molar-refractivity contribution in [2.24, 2.45) is 0 Å². The minimum atomic E-state index is 0.767. The number of anilines is 1. The molecule has 1 fully saturated rings. The second kappa shape index (κ2) is 8.21. The van der Waals surface area contributed by atoms with Crippen LogP contribution < -0.4 is 9.64 Å². The van der Waals surface area contributed by atoms with Gasteiger partial charge in [0.15, 0.2) is 5.82 Å². The minimum absolute atomic E-state index is 0.767. The summed E-state index contributed by atoms with van der Waals surface area (Å²) in [5.41, 5.74) is 3.35. The zero-order chi connectivity index (χ0) is 20.4. The van der Waals surface area contributed by atoms with Gasteiger partial charge in [0.1, 0.15) is 17.4 Å². The molecule has 3 heterocycles. The van der Waals surface area contributed by atoms with Crippen LogP contribution in [0.3, 0.4) is 0 Å². The van der Waals surface area contributed by atoms with E-state index in [0.29, 0.717) is 0 Å². The Kier molecular flexibility index (Phi) is 5.49. The summed E-state index contributed by atoms with van der Waals surface area (Å²) in [7, 11) is 1.71. The number of hydrogen-bond acceptors (Lipinski definition) is 6. The SMILES string of the molecule is COc1cccc(CN2CCN(c3cc(-n4nc(C)cc4C)nc(C)n3)CC2)c1. The third-order valence-electron chi connectivity index (χ3n) is 5.27. The van der Waals surface area contributed by atoms with Crippen molar-refractivity contribution in [1.29, 1.82) is 0 Å². The van der Waals surface area contributed by atoms with Crippen LogP contribution in [0, 0.1) is 20.8 Å². The summed E-state index contributed by atoms with van der Waals surface area (Å²) in [4.78, 5) is 14.1. The Labute approximate surface area is 172 Å². The number of benzene rings is 1. The first-order chi connectivity index (χ1) is 14.0. The number of methoxy groups -OCH3 is 1. The van der Waals surface area contributed by atoms with E-state index in [1.807, 2.05) is 30.7 Å². The van der Waals surface area contributed by atoms with Crippen LogP contribution in [0.4, 0.5) is 5.82 Å². The Morgan fingerprint density at radius 1 is 0.931 bits per heavy atom. The average Bonchev–Trinajstić information content (AvgIpc) is 3.06.